The van der Waals surface area contributed by atoms with Gasteiger partial charge in [-0.2, -0.15) is 5.26 Å². The molecular formula is C27H19ClINO2. The monoisotopic (exact) mass is 551 g/mol. The lowest BCUT2D eigenvalue weighted by molar-refractivity contribution is 0.282. The number of ether oxygens (including phenoxy) is 2. The van der Waals surface area contributed by atoms with Crippen molar-refractivity contribution >= 4 is 56.6 Å². The van der Waals surface area contributed by atoms with Gasteiger partial charge in [-0.3, -0.25) is 0 Å². The maximum absolute atomic E-state index is 9.90. The van der Waals surface area contributed by atoms with Crippen LogP contribution in [-0.4, -0.2) is 7.11 Å². The molecule has 0 aliphatic rings. The molecule has 0 aromatic heterocycles. The summed E-state index contributed by atoms with van der Waals surface area (Å²) in [6.07, 6.45) is 1.88. The molecule has 0 aliphatic heterocycles. The standard InChI is InChI=1S/C27H19ClINO2/c1-31-26-15-18(14-25(29)27(26)32-17-20-8-3-5-12-24(20)28)13-21(16-30)23-11-6-9-19-7-2-4-10-22(19)23/h2-15H,17H2,1H3/b21-13-. The topological polar surface area (TPSA) is 42.2 Å². The van der Waals surface area contributed by atoms with Crippen LogP contribution in [0.5, 0.6) is 11.5 Å². The Morgan fingerprint density at radius 3 is 2.56 bits per heavy atom. The molecule has 0 spiro atoms. The smallest absolute Gasteiger partial charge is 0.174 e. The molecule has 0 radical (unpaired) electrons. The van der Waals surface area contributed by atoms with Gasteiger partial charge in [-0.1, -0.05) is 72.3 Å². The van der Waals surface area contributed by atoms with Crippen LogP contribution in [0.3, 0.4) is 0 Å². The fourth-order valence-electron chi connectivity index (χ4n) is 3.53. The predicted molar refractivity (Wildman–Crippen MR) is 139 cm³/mol. The average molecular weight is 552 g/mol. The third-order valence-corrected chi connectivity index (χ3v) is 6.26. The van der Waals surface area contributed by atoms with E-state index in [0.717, 1.165) is 31.0 Å². The van der Waals surface area contributed by atoms with Gasteiger partial charge in [0.15, 0.2) is 11.5 Å². The molecule has 0 amide bonds. The first-order valence-electron chi connectivity index (χ1n) is 9.94. The SMILES string of the molecule is COc1cc(/C=C(/C#N)c2cccc3ccccc23)cc(I)c1OCc1ccccc1Cl. The van der Waals surface area contributed by atoms with Crippen molar-refractivity contribution in [2.45, 2.75) is 6.61 Å². The second-order valence-corrected chi connectivity index (χ2v) is 8.68. The molecule has 0 N–H and O–H groups in total. The van der Waals surface area contributed by atoms with Gasteiger partial charge in [0.2, 0.25) is 0 Å². The van der Waals surface area contributed by atoms with Crippen LogP contribution in [0, 0.1) is 14.9 Å². The van der Waals surface area contributed by atoms with Crippen LogP contribution in [0.1, 0.15) is 16.7 Å². The number of rotatable bonds is 6. The van der Waals surface area contributed by atoms with Gasteiger partial charge in [0, 0.05) is 16.1 Å². The Balaban J connectivity index is 1.69. The highest BCUT2D eigenvalue weighted by atomic mass is 127. The minimum atomic E-state index is 0.334. The lowest BCUT2D eigenvalue weighted by Gasteiger charge is -2.14. The molecule has 4 aromatic carbocycles. The van der Waals surface area contributed by atoms with E-state index < -0.39 is 0 Å². The Bertz CT molecular complexity index is 1350. The molecule has 4 aromatic rings. The van der Waals surface area contributed by atoms with E-state index in [0.29, 0.717) is 28.7 Å². The molecule has 0 saturated carbocycles. The third-order valence-electron chi connectivity index (χ3n) is 5.09. The van der Waals surface area contributed by atoms with Gasteiger partial charge in [0.25, 0.3) is 0 Å². The van der Waals surface area contributed by atoms with Crippen LogP contribution >= 0.6 is 34.2 Å². The Labute approximate surface area is 206 Å². The van der Waals surface area contributed by atoms with Crippen LogP contribution in [-0.2, 0) is 6.61 Å². The quantitative estimate of drug-likeness (QED) is 0.140. The van der Waals surface area contributed by atoms with Gasteiger partial charge in [0.1, 0.15) is 6.61 Å². The summed E-state index contributed by atoms with van der Waals surface area (Å²) in [4.78, 5) is 0. The van der Waals surface area contributed by atoms with E-state index in [1.54, 1.807) is 7.11 Å². The van der Waals surface area contributed by atoms with Crippen LogP contribution in [0.15, 0.2) is 78.9 Å². The molecule has 4 rings (SSSR count). The number of nitrogens with zero attached hydrogens (tertiary/aromatic N) is 1. The number of hydrogen-bond acceptors (Lipinski definition) is 3. The van der Waals surface area contributed by atoms with E-state index in [9.17, 15) is 5.26 Å². The highest BCUT2D eigenvalue weighted by molar-refractivity contribution is 14.1. The van der Waals surface area contributed by atoms with Crippen molar-refractivity contribution in [3.63, 3.8) is 0 Å². The van der Waals surface area contributed by atoms with Crippen LogP contribution in [0.25, 0.3) is 22.4 Å². The van der Waals surface area contributed by atoms with E-state index in [4.69, 9.17) is 21.1 Å². The van der Waals surface area contributed by atoms with Crippen LogP contribution < -0.4 is 9.47 Å². The van der Waals surface area contributed by atoms with Crippen molar-refractivity contribution < 1.29 is 9.47 Å². The molecule has 0 bridgehead atoms. The lowest BCUT2D eigenvalue weighted by atomic mass is 9.97. The van der Waals surface area contributed by atoms with Crippen molar-refractivity contribution in [3.8, 4) is 17.6 Å². The molecule has 158 valence electrons. The highest BCUT2D eigenvalue weighted by Crippen LogP contribution is 2.36. The van der Waals surface area contributed by atoms with Gasteiger partial charge in [-0.05, 0) is 63.2 Å². The van der Waals surface area contributed by atoms with Crippen LogP contribution in [0.4, 0.5) is 0 Å². The van der Waals surface area contributed by atoms with Gasteiger partial charge >= 0.3 is 0 Å². The molecule has 0 atom stereocenters. The second kappa shape index (κ2) is 10.1. The molecular weight excluding hydrogens is 533 g/mol. The molecule has 5 heteroatoms. The molecule has 0 heterocycles. The van der Waals surface area contributed by atoms with E-state index in [-0.39, 0.29) is 0 Å². The molecule has 3 nitrogen and oxygen atoms in total. The first-order valence-corrected chi connectivity index (χ1v) is 11.4. The van der Waals surface area contributed by atoms with Crippen LogP contribution in [0.2, 0.25) is 5.02 Å². The van der Waals surface area contributed by atoms with E-state index in [2.05, 4.69) is 28.7 Å². The van der Waals surface area contributed by atoms with Gasteiger partial charge < -0.3 is 9.47 Å². The maximum Gasteiger partial charge on any atom is 0.174 e. The third kappa shape index (κ3) is 4.74. The van der Waals surface area contributed by atoms with Crippen molar-refractivity contribution in [3.05, 3.63) is 104 Å². The number of fused-ring (bicyclic) bond motifs is 1. The zero-order chi connectivity index (χ0) is 22.5. The van der Waals surface area contributed by atoms with Crippen molar-refractivity contribution in [2.24, 2.45) is 0 Å². The van der Waals surface area contributed by atoms with E-state index in [1.807, 2.05) is 84.9 Å². The number of methoxy groups -OCH3 is 1. The zero-order valence-electron chi connectivity index (χ0n) is 17.3. The number of hydrogen-bond donors (Lipinski definition) is 0. The molecule has 32 heavy (non-hydrogen) atoms. The first-order chi connectivity index (χ1) is 15.6. The molecule has 0 fully saturated rings. The highest BCUT2D eigenvalue weighted by Gasteiger charge is 2.13. The Hall–Kier alpha value is -3.01. The molecule has 0 saturated heterocycles. The lowest BCUT2D eigenvalue weighted by Crippen LogP contribution is -2.00. The normalized spacial score (nSPS) is 11.2. The summed E-state index contributed by atoms with van der Waals surface area (Å²) in [7, 11) is 1.61. The minimum absolute atomic E-state index is 0.334. The summed E-state index contributed by atoms with van der Waals surface area (Å²) < 4.78 is 12.5. The Morgan fingerprint density at radius 2 is 1.78 bits per heavy atom. The fourth-order valence-corrected chi connectivity index (χ4v) is 4.50. The summed E-state index contributed by atoms with van der Waals surface area (Å²) in [6, 6.07) is 27.9. The van der Waals surface area contributed by atoms with E-state index >= 15 is 0 Å². The Kier molecular flexibility index (Phi) is 6.99. The zero-order valence-corrected chi connectivity index (χ0v) is 20.2. The summed E-state index contributed by atoms with van der Waals surface area (Å²) in [5.41, 5.74) is 3.25. The van der Waals surface area contributed by atoms with E-state index in [1.165, 1.54) is 0 Å². The predicted octanol–water partition coefficient (Wildman–Crippen LogP) is 7.75. The summed E-state index contributed by atoms with van der Waals surface area (Å²) in [5.74, 6) is 1.25. The summed E-state index contributed by atoms with van der Waals surface area (Å²) >= 11 is 8.47. The van der Waals surface area contributed by atoms with Crippen molar-refractivity contribution in [1.82, 2.24) is 0 Å². The number of benzene rings is 4. The minimum Gasteiger partial charge on any atom is -0.493 e. The first kappa shape index (κ1) is 22.2. The fraction of sp³-hybridized carbons (Fsp3) is 0.0741. The van der Waals surface area contributed by atoms with Crippen molar-refractivity contribution in [1.29, 1.82) is 5.26 Å². The largest absolute Gasteiger partial charge is 0.493 e. The maximum atomic E-state index is 9.90. The van der Waals surface area contributed by atoms with Gasteiger partial charge in [0.05, 0.1) is 22.3 Å². The second-order valence-electron chi connectivity index (χ2n) is 7.11. The summed E-state index contributed by atoms with van der Waals surface area (Å²) in [5, 5.41) is 12.7. The van der Waals surface area contributed by atoms with Gasteiger partial charge in [-0.25, -0.2) is 0 Å². The van der Waals surface area contributed by atoms with Gasteiger partial charge in [-0.15, -0.1) is 0 Å². The summed E-state index contributed by atoms with van der Waals surface area (Å²) in [6.45, 7) is 0.334. The Morgan fingerprint density at radius 1 is 1.03 bits per heavy atom. The van der Waals surface area contributed by atoms with Crippen molar-refractivity contribution in [2.75, 3.05) is 7.11 Å². The number of allylic oxidation sites excluding steroid dienone is 1. The number of nitriles is 1. The molecule has 0 aliphatic carbocycles. The average Bonchev–Trinajstić information content (AvgIpc) is 2.82. The molecule has 0 unspecified atom stereocenters. The number of halogens is 2.